The lowest BCUT2D eigenvalue weighted by molar-refractivity contribution is -0.144. The van der Waals surface area contributed by atoms with Gasteiger partial charge in [-0.25, -0.2) is 4.79 Å². The van der Waals surface area contributed by atoms with Crippen LogP contribution in [0.1, 0.15) is 25.7 Å². The Morgan fingerprint density at radius 3 is 2.53 bits per heavy atom. The highest BCUT2D eigenvalue weighted by molar-refractivity contribution is 6.16. The topological polar surface area (TPSA) is 104 Å². The maximum absolute atomic E-state index is 11.9. The van der Waals surface area contributed by atoms with Gasteiger partial charge in [0.15, 0.2) is 0 Å². The van der Waals surface area contributed by atoms with Gasteiger partial charge in [-0.05, 0) is 19.3 Å². The molecule has 1 unspecified atom stereocenters. The van der Waals surface area contributed by atoms with Crippen LogP contribution in [0.3, 0.4) is 0 Å². The molecule has 0 aromatic heterocycles. The molecular weight excluding hydrogens is 228 g/mol. The van der Waals surface area contributed by atoms with Crippen molar-refractivity contribution < 1.29 is 24.3 Å². The first-order chi connectivity index (χ1) is 8.00. The number of carbonyl (C=O) groups is 4. The SMILES string of the molecule is O=C(O)CCC1C(=O)NC(=O)N(C2CC2)C1=O. The summed E-state index contributed by atoms with van der Waals surface area (Å²) in [5.41, 5.74) is 0. The first kappa shape index (κ1) is 11.6. The fourth-order valence-electron chi connectivity index (χ4n) is 1.83. The molecule has 7 nitrogen and oxygen atoms in total. The van der Waals surface area contributed by atoms with Gasteiger partial charge < -0.3 is 5.11 Å². The number of imide groups is 2. The lowest BCUT2D eigenvalue weighted by Gasteiger charge is -2.29. The molecule has 0 spiro atoms. The molecule has 92 valence electrons. The molecule has 0 radical (unpaired) electrons. The predicted molar refractivity (Wildman–Crippen MR) is 53.8 cm³/mol. The predicted octanol–water partition coefficient (Wildman–Crippen LogP) is -0.292. The van der Waals surface area contributed by atoms with E-state index >= 15 is 0 Å². The quantitative estimate of drug-likeness (QED) is 0.657. The number of barbiturate groups is 1. The molecule has 1 aliphatic carbocycles. The number of carboxylic acid groups (broad SMARTS) is 1. The van der Waals surface area contributed by atoms with Gasteiger partial charge >= 0.3 is 12.0 Å². The van der Waals surface area contributed by atoms with E-state index in [1.807, 2.05) is 0 Å². The van der Waals surface area contributed by atoms with Gasteiger partial charge in [-0.3, -0.25) is 24.6 Å². The molecule has 1 saturated heterocycles. The summed E-state index contributed by atoms with van der Waals surface area (Å²) in [5, 5.41) is 10.6. The average Bonchev–Trinajstić information content (AvgIpc) is 3.00. The molecule has 17 heavy (non-hydrogen) atoms. The van der Waals surface area contributed by atoms with Crippen LogP contribution in [0.25, 0.3) is 0 Å². The van der Waals surface area contributed by atoms with Crippen molar-refractivity contribution in [2.45, 2.75) is 31.7 Å². The van der Waals surface area contributed by atoms with Crippen LogP contribution in [0.5, 0.6) is 0 Å². The Kier molecular flexibility index (Phi) is 2.83. The number of amides is 4. The number of urea groups is 1. The highest BCUT2D eigenvalue weighted by atomic mass is 16.4. The van der Waals surface area contributed by atoms with Crippen molar-refractivity contribution in [1.82, 2.24) is 10.2 Å². The van der Waals surface area contributed by atoms with Gasteiger partial charge in [0.1, 0.15) is 5.92 Å². The van der Waals surface area contributed by atoms with Crippen LogP contribution in [0.4, 0.5) is 4.79 Å². The third kappa shape index (κ3) is 2.27. The van der Waals surface area contributed by atoms with E-state index in [-0.39, 0.29) is 18.9 Å². The zero-order chi connectivity index (χ0) is 12.6. The fourth-order valence-corrected chi connectivity index (χ4v) is 1.83. The summed E-state index contributed by atoms with van der Waals surface area (Å²) in [5.74, 6) is -3.38. The molecule has 2 rings (SSSR count). The third-order valence-corrected chi connectivity index (χ3v) is 2.86. The molecule has 0 bridgehead atoms. The molecule has 0 aromatic rings. The summed E-state index contributed by atoms with van der Waals surface area (Å²) in [4.78, 5) is 46.2. The summed E-state index contributed by atoms with van der Waals surface area (Å²) in [6.45, 7) is 0. The average molecular weight is 240 g/mol. The van der Waals surface area contributed by atoms with Crippen molar-refractivity contribution in [3.05, 3.63) is 0 Å². The molecule has 1 saturated carbocycles. The van der Waals surface area contributed by atoms with Gasteiger partial charge in [0.25, 0.3) is 0 Å². The lowest BCUT2D eigenvalue weighted by Crippen LogP contribution is -2.58. The van der Waals surface area contributed by atoms with Gasteiger partial charge in [-0.2, -0.15) is 0 Å². The van der Waals surface area contributed by atoms with Crippen molar-refractivity contribution in [2.24, 2.45) is 5.92 Å². The largest absolute Gasteiger partial charge is 0.481 e. The Morgan fingerprint density at radius 2 is 2.00 bits per heavy atom. The Morgan fingerprint density at radius 1 is 1.35 bits per heavy atom. The van der Waals surface area contributed by atoms with E-state index in [0.717, 1.165) is 17.7 Å². The minimum atomic E-state index is -1.07. The van der Waals surface area contributed by atoms with Gasteiger partial charge in [-0.15, -0.1) is 0 Å². The molecule has 4 amide bonds. The van der Waals surface area contributed by atoms with Crippen molar-refractivity contribution >= 4 is 23.8 Å². The molecule has 1 heterocycles. The van der Waals surface area contributed by atoms with Gasteiger partial charge in [0.2, 0.25) is 11.8 Å². The van der Waals surface area contributed by atoms with E-state index in [9.17, 15) is 19.2 Å². The van der Waals surface area contributed by atoms with Crippen molar-refractivity contribution in [3.8, 4) is 0 Å². The van der Waals surface area contributed by atoms with Crippen molar-refractivity contribution in [2.75, 3.05) is 0 Å². The summed E-state index contributed by atoms with van der Waals surface area (Å²) in [7, 11) is 0. The second kappa shape index (κ2) is 4.15. The highest BCUT2D eigenvalue weighted by Crippen LogP contribution is 2.30. The Bertz CT molecular complexity index is 402. The number of hydrogen-bond donors (Lipinski definition) is 2. The molecule has 1 aliphatic heterocycles. The minimum absolute atomic E-state index is 0.0729. The number of carboxylic acids is 1. The summed E-state index contributed by atoms with van der Waals surface area (Å²) in [6, 6.07) is -0.808. The van der Waals surface area contributed by atoms with Crippen LogP contribution in [-0.2, 0) is 14.4 Å². The van der Waals surface area contributed by atoms with Gasteiger partial charge in [0.05, 0.1) is 0 Å². The first-order valence-electron chi connectivity index (χ1n) is 5.40. The summed E-state index contributed by atoms with van der Waals surface area (Å²) in [6.07, 6.45) is 1.16. The van der Waals surface area contributed by atoms with Crippen LogP contribution in [-0.4, -0.2) is 39.9 Å². The Labute approximate surface area is 96.8 Å². The number of nitrogens with zero attached hydrogens (tertiary/aromatic N) is 1. The van der Waals surface area contributed by atoms with E-state index in [0.29, 0.717) is 0 Å². The monoisotopic (exact) mass is 240 g/mol. The second-order valence-electron chi connectivity index (χ2n) is 4.22. The summed E-state index contributed by atoms with van der Waals surface area (Å²) >= 11 is 0. The van der Waals surface area contributed by atoms with E-state index in [1.165, 1.54) is 0 Å². The Balaban J connectivity index is 2.08. The molecule has 2 aliphatic rings. The van der Waals surface area contributed by atoms with Crippen LogP contribution in [0, 0.1) is 5.92 Å². The molecule has 7 heteroatoms. The highest BCUT2D eigenvalue weighted by Gasteiger charge is 2.46. The van der Waals surface area contributed by atoms with Crippen LogP contribution >= 0.6 is 0 Å². The number of carbonyl (C=O) groups excluding carboxylic acids is 3. The second-order valence-corrected chi connectivity index (χ2v) is 4.22. The number of rotatable bonds is 4. The lowest BCUT2D eigenvalue weighted by atomic mass is 9.98. The van der Waals surface area contributed by atoms with E-state index in [2.05, 4.69) is 5.32 Å². The normalized spacial score (nSPS) is 24.8. The zero-order valence-electron chi connectivity index (χ0n) is 9.01. The van der Waals surface area contributed by atoms with Crippen LogP contribution < -0.4 is 5.32 Å². The maximum atomic E-state index is 11.9. The molecule has 2 N–H and O–H groups in total. The van der Waals surface area contributed by atoms with E-state index < -0.39 is 29.7 Å². The minimum Gasteiger partial charge on any atom is -0.481 e. The zero-order valence-corrected chi connectivity index (χ0v) is 9.01. The van der Waals surface area contributed by atoms with Crippen LogP contribution in [0.2, 0.25) is 0 Å². The Hall–Kier alpha value is -1.92. The standard InChI is InChI=1S/C10H12N2O5/c13-7(14)4-3-6-8(15)11-10(17)12(9(6)16)5-1-2-5/h5-6H,1-4H2,(H,13,14)(H,11,15,17). The first-order valence-corrected chi connectivity index (χ1v) is 5.40. The maximum Gasteiger partial charge on any atom is 0.331 e. The smallest absolute Gasteiger partial charge is 0.331 e. The van der Waals surface area contributed by atoms with Gasteiger partial charge in [-0.1, -0.05) is 0 Å². The fraction of sp³-hybridized carbons (Fsp3) is 0.600. The molecular formula is C10H12N2O5. The van der Waals surface area contributed by atoms with Crippen LogP contribution in [0.15, 0.2) is 0 Å². The number of nitrogens with one attached hydrogen (secondary N) is 1. The molecule has 1 atom stereocenters. The van der Waals surface area contributed by atoms with E-state index in [4.69, 9.17) is 5.11 Å². The third-order valence-electron chi connectivity index (χ3n) is 2.86. The molecule has 2 fully saturated rings. The van der Waals surface area contributed by atoms with E-state index in [1.54, 1.807) is 0 Å². The number of aliphatic carboxylic acids is 1. The summed E-state index contributed by atoms with van der Waals surface area (Å²) < 4.78 is 0. The van der Waals surface area contributed by atoms with Crippen molar-refractivity contribution in [1.29, 1.82) is 0 Å². The van der Waals surface area contributed by atoms with Gasteiger partial charge in [0, 0.05) is 12.5 Å². The van der Waals surface area contributed by atoms with Crippen molar-refractivity contribution in [3.63, 3.8) is 0 Å². The molecule has 0 aromatic carbocycles. The number of hydrogen-bond acceptors (Lipinski definition) is 4.